The van der Waals surface area contributed by atoms with Gasteiger partial charge >= 0.3 is 12.0 Å². The molecule has 2 aliphatic rings. The first kappa shape index (κ1) is 14.8. The van der Waals surface area contributed by atoms with Gasteiger partial charge in [-0.1, -0.05) is 12.1 Å². The molecule has 1 spiro atoms. The Morgan fingerprint density at radius 1 is 1.27 bits per heavy atom. The first-order chi connectivity index (χ1) is 10.6. The molecule has 6 nitrogen and oxygen atoms in total. The Morgan fingerprint density at radius 2 is 2.00 bits per heavy atom. The van der Waals surface area contributed by atoms with E-state index < -0.39 is 5.97 Å². The number of carboxylic acid groups (broad SMARTS) is 1. The molecule has 1 aliphatic carbocycles. The van der Waals surface area contributed by atoms with Crippen molar-refractivity contribution >= 4 is 12.0 Å². The van der Waals surface area contributed by atoms with Gasteiger partial charge in [0.1, 0.15) is 0 Å². The number of carbonyl (C=O) groups is 2. The zero-order valence-corrected chi connectivity index (χ0v) is 12.4. The first-order valence-corrected chi connectivity index (χ1v) is 7.51. The minimum atomic E-state index is -0.949. The van der Waals surface area contributed by atoms with Crippen LogP contribution in [-0.4, -0.2) is 48.3 Å². The van der Waals surface area contributed by atoms with Gasteiger partial charge in [0.05, 0.1) is 18.8 Å². The third-order valence-corrected chi connectivity index (χ3v) is 4.33. The molecule has 1 aromatic carbocycles. The van der Waals surface area contributed by atoms with Gasteiger partial charge in [0.25, 0.3) is 0 Å². The molecule has 1 saturated carbocycles. The van der Waals surface area contributed by atoms with E-state index in [4.69, 9.17) is 9.84 Å². The average Bonchev–Trinajstić information content (AvgIpc) is 3.32. The van der Waals surface area contributed by atoms with Gasteiger partial charge in [-0.3, -0.25) is 0 Å². The predicted octanol–water partition coefficient (Wildman–Crippen LogP) is 1.71. The Bertz CT molecular complexity index is 566. The van der Waals surface area contributed by atoms with E-state index in [-0.39, 0.29) is 17.0 Å². The number of hydrogen-bond acceptors (Lipinski definition) is 3. The van der Waals surface area contributed by atoms with Gasteiger partial charge < -0.3 is 20.1 Å². The highest BCUT2D eigenvalue weighted by molar-refractivity contribution is 5.87. The SMILES string of the molecule is O=C(O)c1ccc(CNC(=O)N2CCOCC3(CC3)C2)cc1. The summed E-state index contributed by atoms with van der Waals surface area (Å²) in [6.07, 6.45) is 2.26. The fraction of sp³-hybridized carbons (Fsp3) is 0.500. The number of nitrogens with zero attached hydrogens (tertiary/aromatic N) is 1. The number of amides is 2. The molecule has 6 heteroatoms. The normalized spacial score (nSPS) is 19.5. The summed E-state index contributed by atoms with van der Waals surface area (Å²) in [6.45, 7) is 3.11. The van der Waals surface area contributed by atoms with E-state index in [2.05, 4.69) is 5.32 Å². The van der Waals surface area contributed by atoms with E-state index in [1.165, 1.54) is 0 Å². The van der Waals surface area contributed by atoms with Gasteiger partial charge in [0.15, 0.2) is 0 Å². The second-order valence-electron chi connectivity index (χ2n) is 6.13. The molecule has 0 bridgehead atoms. The van der Waals surface area contributed by atoms with Crippen molar-refractivity contribution in [1.29, 1.82) is 0 Å². The first-order valence-electron chi connectivity index (χ1n) is 7.51. The van der Waals surface area contributed by atoms with Crippen molar-refractivity contribution in [2.24, 2.45) is 5.41 Å². The van der Waals surface area contributed by atoms with Gasteiger partial charge in [-0.15, -0.1) is 0 Å². The Morgan fingerprint density at radius 3 is 2.64 bits per heavy atom. The largest absolute Gasteiger partial charge is 0.478 e. The molecule has 0 radical (unpaired) electrons. The van der Waals surface area contributed by atoms with Crippen LogP contribution < -0.4 is 5.32 Å². The van der Waals surface area contributed by atoms with Crippen molar-refractivity contribution in [2.45, 2.75) is 19.4 Å². The second kappa shape index (κ2) is 5.96. The summed E-state index contributed by atoms with van der Waals surface area (Å²) in [7, 11) is 0. The number of urea groups is 1. The Kier molecular flexibility index (Phi) is 4.02. The molecular weight excluding hydrogens is 284 g/mol. The van der Waals surface area contributed by atoms with E-state index in [1.807, 2.05) is 4.90 Å². The number of rotatable bonds is 3. The maximum atomic E-state index is 12.3. The maximum absolute atomic E-state index is 12.3. The molecule has 0 unspecified atom stereocenters. The molecule has 0 aromatic heterocycles. The number of benzene rings is 1. The molecule has 2 fully saturated rings. The van der Waals surface area contributed by atoms with Gasteiger partial charge in [-0.25, -0.2) is 9.59 Å². The lowest BCUT2D eigenvalue weighted by Gasteiger charge is -2.23. The standard InChI is InChI=1S/C16H20N2O4/c19-14(20)13-3-1-12(2-4-13)9-17-15(21)18-7-8-22-11-16(10-18)5-6-16/h1-4H,5-11H2,(H,17,21)(H,19,20). The molecule has 118 valence electrons. The lowest BCUT2D eigenvalue weighted by atomic mass is 10.1. The third kappa shape index (κ3) is 3.39. The van der Waals surface area contributed by atoms with Crippen molar-refractivity contribution in [3.05, 3.63) is 35.4 Å². The number of aromatic carboxylic acids is 1. The van der Waals surface area contributed by atoms with Crippen molar-refractivity contribution < 1.29 is 19.4 Å². The monoisotopic (exact) mass is 304 g/mol. The zero-order valence-electron chi connectivity index (χ0n) is 12.4. The maximum Gasteiger partial charge on any atom is 0.335 e. The lowest BCUT2D eigenvalue weighted by Crippen LogP contribution is -2.43. The van der Waals surface area contributed by atoms with E-state index in [0.717, 1.165) is 31.6 Å². The Balaban J connectivity index is 1.54. The molecule has 2 amide bonds. The van der Waals surface area contributed by atoms with Gasteiger partial charge in [0, 0.05) is 25.0 Å². The summed E-state index contributed by atoms with van der Waals surface area (Å²) >= 11 is 0. The summed E-state index contributed by atoms with van der Waals surface area (Å²) in [6, 6.07) is 6.44. The number of nitrogens with one attached hydrogen (secondary N) is 1. The minimum absolute atomic E-state index is 0.0842. The van der Waals surface area contributed by atoms with Crippen LogP contribution in [-0.2, 0) is 11.3 Å². The highest BCUT2D eigenvalue weighted by Crippen LogP contribution is 2.47. The van der Waals surface area contributed by atoms with Crippen LogP contribution in [0.4, 0.5) is 4.79 Å². The summed E-state index contributed by atoms with van der Waals surface area (Å²) in [5.41, 5.74) is 1.32. The summed E-state index contributed by atoms with van der Waals surface area (Å²) in [5.74, 6) is -0.949. The minimum Gasteiger partial charge on any atom is -0.478 e. The van der Waals surface area contributed by atoms with E-state index in [0.29, 0.717) is 19.7 Å². The highest BCUT2D eigenvalue weighted by Gasteiger charge is 2.46. The van der Waals surface area contributed by atoms with E-state index in [1.54, 1.807) is 24.3 Å². The predicted molar refractivity (Wildman–Crippen MR) is 79.7 cm³/mol. The molecule has 0 atom stereocenters. The van der Waals surface area contributed by atoms with E-state index in [9.17, 15) is 9.59 Å². The molecule has 3 rings (SSSR count). The van der Waals surface area contributed by atoms with Crippen LogP contribution in [0.15, 0.2) is 24.3 Å². The summed E-state index contributed by atoms with van der Waals surface area (Å²) < 4.78 is 5.57. The van der Waals surface area contributed by atoms with Crippen molar-refractivity contribution in [3.63, 3.8) is 0 Å². The number of hydrogen-bond donors (Lipinski definition) is 2. The molecule has 1 aliphatic heterocycles. The molecule has 1 saturated heterocycles. The fourth-order valence-corrected chi connectivity index (χ4v) is 2.70. The topological polar surface area (TPSA) is 78.9 Å². The van der Waals surface area contributed by atoms with Crippen LogP contribution in [0.5, 0.6) is 0 Å². The van der Waals surface area contributed by atoms with Crippen LogP contribution >= 0.6 is 0 Å². The quantitative estimate of drug-likeness (QED) is 0.891. The van der Waals surface area contributed by atoms with Gasteiger partial charge in [-0.05, 0) is 30.5 Å². The van der Waals surface area contributed by atoms with Crippen molar-refractivity contribution in [1.82, 2.24) is 10.2 Å². The molecule has 1 aromatic rings. The van der Waals surface area contributed by atoms with Crippen LogP contribution in [0.3, 0.4) is 0 Å². The fourth-order valence-electron chi connectivity index (χ4n) is 2.70. The zero-order chi connectivity index (χ0) is 15.6. The Labute approximate surface area is 129 Å². The number of carboxylic acids is 1. The van der Waals surface area contributed by atoms with Crippen LogP contribution in [0.1, 0.15) is 28.8 Å². The van der Waals surface area contributed by atoms with E-state index >= 15 is 0 Å². The van der Waals surface area contributed by atoms with Gasteiger partial charge in [-0.2, -0.15) is 0 Å². The second-order valence-corrected chi connectivity index (χ2v) is 6.13. The average molecular weight is 304 g/mol. The van der Waals surface area contributed by atoms with Crippen molar-refractivity contribution in [3.8, 4) is 0 Å². The van der Waals surface area contributed by atoms with Gasteiger partial charge in [0.2, 0.25) is 0 Å². The highest BCUT2D eigenvalue weighted by atomic mass is 16.5. The van der Waals surface area contributed by atoms with Crippen LogP contribution in [0.2, 0.25) is 0 Å². The number of carbonyl (C=O) groups excluding carboxylic acids is 1. The Hall–Kier alpha value is -2.08. The number of ether oxygens (including phenoxy) is 1. The molecule has 2 N–H and O–H groups in total. The van der Waals surface area contributed by atoms with Crippen LogP contribution in [0.25, 0.3) is 0 Å². The van der Waals surface area contributed by atoms with Crippen LogP contribution in [0, 0.1) is 5.41 Å². The van der Waals surface area contributed by atoms with Crippen molar-refractivity contribution in [2.75, 3.05) is 26.3 Å². The summed E-state index contributed by atoms with van der Waals surface area (Å²) in [5, 5.41) is 11.8. The smallest absolute Gasteiger partial charge is 0.335 e. The third-order valence-electron chi connectivity index (χ3n) is 4.33. The summed E-state index contributed by atoms with van der Waals surface area (Å²) in [4.78, 5) is 24.9. The molecular formula is C16H20N2O4. The lowest BCUT2D eigenvalue weighted by molar-refractivity contribution is 0.0697. The molecule has 1 heterocycles. The molecule has 22 heavy (non-hydrogen) atoms.